The van der Waals surface area contributed by atoms with Crippen LogP contribution >= 0.6 is 23.2 Å². The number of amides is 2. The predicted octanol–water partition coefficient (Wildman–Crippen LogP) is 6.58. The van der Waals surface area contributed by atoms with E-state index >= 15 is 0 Å². The van der Waals surface area contributed by atoms with Gasteiger partial charge in [0.25, 0.3) is 10.0 Å². The maximum Gasteiger partial charge on any atom is 0.264 e. The molecule has 4 aromatic carbocycles. The average Bonchev–Trinajstić information content (AvgIpc) is 3.00. The van der Waals surface area contributed by atoms with E-state index in [1.54, 1.807) is 18.2 Å². The van der Waals surface area contributed by atoms with Crippen LogP contribution in [0.4, 0.5) is 5.69 Å². The highest BCUT2D eigenvalue weighted by molar-refractivity contribution is 7.92. The van der Waals surface area contributed by atoms with Crippen molar-refractivity contribution in [2.45, 2.75) is 44.7 Å². The number of aryl methyl sites for hydroxylation is 2. The van der Waals surface area contributed by atoms with Crippen molar-refractivity contribution in [2.24, 2.45) is 0 Å². The fourth-order valence-corrected chi connectivity index (χ4v) is 6.71. The average molecular weight is 653 g/mol. The summed E-state index contributed by atoms with van der Waals surface area (Å²) in [5.74, 6) is -0.917. The highest BCUT2D eigenvalue weighted by atomic mass is 35.5. The van der Waals surface area contributed by atoms with Crippen LogP contribution < -0.4 is 9.62 Å². The molecule has 0 saturated heterocycles. The van der Waals surface area contributed by atoms with Gasteiger partial charge < -0.3 is 10.2 Å². The van der Waals surface area contributed by atoms with Gasteiger partial charge in [-0.3, -0.25) is 13.9 Å². The minimum Gasteiger partial charge on any atom is -0.355 e. The second kappa shape index (κ2) is 14.8. The van der Waals surface area contributed by atoms with Crippen LogP contribution in [0.15, 0.2) is 102 Å². The molecule has 0 aliphatic rings. The standard InChI is InChI=1S/C34H35Cl2N3O4S/c1-4-37-34(41)32(20-26-11-6-5-7-12-26)38(22-27-13-9-8-10-25(27)3)33(40)23-39(31-21-28(35)16-19-30(31)36)44(42,43)29-17-14-24(2)15-18-29/h5-19,21,32H,4,20,22-23H2,1-3H3,(H,37,41). The fraction of sp³-hybridized carbons (Fsp3) is 0.235. The summed E-state index contributed by atoms with van der Waals surface area (Å²) in [7, 11) is -4.29. The number of benzene rings is 4. The van der Waals surface area contributed by atoms with Crippen molar-refractivity contribution in [1.29, 1.82) is 0 Å². The van der Waals surface area contributed by atoms with Gasteiger partial charge in [-0.15, -0.1) is 0 Å². The molecule has 10 heteroatoms. The molecule has 0 bridgehead atoms. The van der Waals surface area contributed by atoms with Gasteiger partial charge in [-0.2, -0.15) is 0 Å². The summed E-state index contributed by atoms with van der Waals surface area (Å²) in [4.78, 5) is 29.5. The molecular formula is C34H35Cl2N3O4S. The summed E-state index contributed by atoms with van der Waals surface area (Å²) in [6, 6.07) is 26.8. The van der Waals surface area contributed by atoms with E-state index in [2.05, 4.69) is 5.32 Å². The first-order valence-electron chi connectivity index (χ1n) is 14.2. The van der Waals surface area contributed by atoms with Crippen LogP contribution in [0.2, 0.25) is 10.0 Å². The molecule has 0 aliphatic carbocycles. The summed E-state index contributed by atoms with van der Waals surface area (Å²) in [6.45, 7) is 5.42. The van der Waals surface area contributed by atoms with E-state index < -0.39 is 28.5 Å². The SMILES string of the molecule is CCNC(=O)C(Cc1ccccc1)N(Cc1ccccc1C)C(=O)CN(c1cc(Cl)ccc1Cl)S(=O)(=O)c1ccc(C)cc1. The number of rotatable bonds is 12. The molecule has 0 aromatic heterocycles. The quantitative estimate of drug-likeness (QED) is 0.187. The molecular weight excluding hydrogens is 617 g/mol. The summed E-state index contributed by atoms with van der Waals surface area (Å²) in [5, 5.41) is 3.22. The summed E-state index contributed by atoms with van der Waals surface area (Å²) >= 11 is 12.8. The second-order valence-electron chi connectivity index (χ2n) is 10.5. The minimum absolute atomic E-state index is 0.0121. The number of likely N-dealkylation sites (N-methyl/N-ethyl adjacent to an activating group) is 1. The molecule has 4 aromatic rings. The monoisotopic (exact) mass is 651 g/mol. The van der Waals surface area contributed by atoms with Gasteiger partial charge >= 0.3 is 0 Å². The molecule has 0 fully saturated rings. The Hall–Kier alpha value is -3.85. The number of sulfonamides is 1. The van der Waals surface area contributed by atoms with Crippen molar-refractivity contribution < 1.29 is 18.0 Å². The Bertz CT molecular complexity index is 1710. The van der Waals surface area contributed by atoms with E-state index in [0.29, 0.717) is 6.54 Å². The van der Waals surface area contributed by atoms with Crippen molar-refractivity contribution in [3.63, 3.8) is 0 Å². The van der Waals surface area contributed by atoms with Crippen molar-refractivity contribution in [3.8, 4) is 0 Å². The molecule has 44 heavy (non-hydrogen) atoms. The molecule has 0 saturated carbocycles. The van der Waals surface area contributed by atoms with Gasteiger partial charge in [-0.25, -0.2) is 8.42 Å². The highest BCUT2D eigenvalue weighted by Gasteiger charge is 2.35. The van der Waals surface area contributed by atoms with Gasteiger partial charge in [0.05, 0.1) is 15.6 Å². The maximum atomic E-state index is 14.5. The van der Waals surface area contributed by atoms with Crippen LogP contribution in [-0.4, -0.2) is 44.3 Å². The van der Waals surface area contributed by atoms with Gasteiger partial charge in [0.1, 0.15) is 12.6 Å². The number of carbonyl (C=O) groups is 2. The summed E-state index contributed by atoms with van der Waals surface area (Å²) in [6.07, 6.45) is 0.229. The predicted molar refractivity (Wildman–Crippen MR) is 177 cm³/mol. The molecule has 1 unspecified atom stereocenters. The Balaban J connectivity index is 1.83. The molecule has 1 N–H and O–H groups in total. The molecule has 4 rings (SSSR count). The molecule has 0 radical (unpaired) electrons. The fourth-order valence-electron chi connectivity index (χ4n) is 4.84. The Morgan fingerprint density at radius 2 is 1.52 bits per heavy atom. The summed E-state index contributed by atoms with van der Waals surface area (Å²) in [5.41, 5.74) is 3.55. The van der Waals surface area contributed by atoms with E-state index in [0.717, 1.165) is 26.6 Å². The molecule has 230 valence electrons. The van der Waals surface area contributed by atoms with Crippen molar-refractivity contribution in [2.75, 3.05) is 17.4 Å². The smallest absolute Gasteiger partial charge is 0.264 e. The van der Waals surface area contributed by atoms with Crippen LogP contribution in [0.5, 0.6) is 0 Å². The van der Waals surface area contributed by atoms with E-state index in [9.17, 15) is 18.0 Å². The molecule has 1 atom stereocenters. The third-order valence-corrected chi connectivity index (χ3v) is 9.62. The first-order chi connectivity index (χ1) is 21.0. The molecule has 7 nitrogen and oxygen atoms in total. The Morgan fingerprint density at radius 3 is 2.18 bits per heavy atom. The highest BCUT2D eigenvalue weighted by Crippen LogP contribution is 2.33. The van der Waals surface area contributed by atoms with Gasteiger partial charge in [-0.05, 0) is 67.8 Å². The van der Waals surface area contributed by atoms with Crippen molar-refractivity contribution in [1.82, 2.24) is 10.2 Å². The van der Waals surface area contributed by atoms with Crippen molar-refractivity contribution >= 4 is 50.7 Å². The second-order valence-corrected chi connectivity index (χ2v) is 13.2. The van der Waals surface area contributed by atoms with Crippen molar-refractivity contribution in [3.05, 3.63) is 129 Å². The zero-order valence-corrected chi connectivity index (χ0v) is 27.2. The Labute approximate surface area is 269 Å². The van der Waals surface area contributed by atoms with Crippen LogP contribution in [0, 0.1) is 13.8 Å². The largest absolute Gasteiger partial charge is 0.355 e. The topological polar surface area (TPSA) is 86.8 Å². The van der Waals surface area contributed by atoms with Crippen LogP contribution in [0.25, 0.3) is 0 Å². The van der Waals surface area contributed by atoms with Gasteiger partial charge in [-0.1, -0.05) is 95.5 Å². The number of anilines is 1. The zero-order chi connectivity index (χ0) is 31.9. The molecule has 0 spiro atoms. The van der Waals surface area contributed by atoms with Gasteiger partial charge in [0, 0.05) is 24.5 Å². The first-order valence-corrected chi connectivity index (χ1v) is 16.4. The van der Waals surface area contributed by atoms with E-state index in [1.165, 1.54) is 29.2 Å². The third kappa shape index (κ3) is 8.00. The normalized spacial score (nSPS) is 11.9. The Morgan fingerprint density at radius 1 is 0.864 bits per heavy atom. The molecule has 2 amide bonds. The lowest BCUT2D eigenvalue weighted by Crippen LogP contribution is -2.53. The van der Waals surface area contributed by atoms with Gasteiger partial charge in [0.2, 0.25) is 11.8 Å². The van der Waals surface area contributed by atoms with E-state index in [-0.39, 0.29) is 39.5 Å². The number of nitrogens with one attached hydrogen (secondary N) is 1. The number of hydrogen-bond acceptors (Lipinski definition) is 4. The van der Waals surface area contributed by atoms with Gasteiger partial charge in [0.15, 0.2) is 0 Å². The number of nitrogens with zero attached hydrogens (tertiary/aromatic N) is 2. The Kier molecular flexibility index (Phi) is 11.1. The number of halogens is 2. The lowest BCUT2D eigenvalue weighted by Gasteiger charge is -2.34. The lowest BCUT2D eigenvalue weighted by atomic mass is 10.0. The maximum absolute atomic E-state index is 14.5. The van der Waals surface area contributed by atoms with E-state index in [1.807, 2.05) is 75.4 Å². The van der Waals surface area contributed by atoms with Crippen LogP contribution in [0.1, 0.15) is 29.2 Å². The molecule has 0 heterocycles. The van der Waals surface area contributed by atoms with E-state index in [4.69, 9.17) is 23.2 Å². The first kappa shape index (κ1) is 33.1. The van der Waals surface area contributed by atoms with Crippen LogP contribution in [-0.2, 0) is 32.6 Å². The number of hydrogen-bond donors (Lipinski definition) is 1. The van der Waals surface area contributed by atoms with Crippen LogP contribution in [0.3, 0.4) is 0 Å². The lowest BCUT2D eigenvalue weighted by molar-refractivity contribution is -0.140. The molecule has 0 aliphatic heterocycles. The number of carbonyl (C=O) groups excluding carboxylic acids is 2. The summed E-state index contributed by atoms with van der Waals surface area (Å²) < 4.78 is 29.3. The zero-order valence-electron chi connectivity index (χ0n) is 24.8. The minimum atomic E-state index is -4.29. The third-order valence-electron chi connectivity index (χ3n) is 7.29.